The van der Waals surface area contributed by atoms with Gasteiger partial charge in [0, 0.05) is 37.6 Å². The van der Waals surface area contributed by atoms with Crippen molar-refractivity contribution in [3.8, 4) is 11.5 Å². The third-order valence-electron chi connectivity index (χ3n) is 5.08. The second-order valence-electron chi connectivity index (χ2n) is 6.98. The molecule has 6 heteroatoms. The first-order valence-electron chi connectivity index (χ1n) is 9.56. The number of carbonyl (C=O) groups is 1. The second-order valence-corrected chi connectivity index (χ2v) is 7.42. The number of hydrogen-bond donors (Lipinski definition) is 1. The number of nitrogens with zero attached hydrogens (tertiary/aromatic N) is 1. The number of carbonyl (C=O) groups excluding carboxylic acids is 1. The maximum atomic E-state index is 12.1. The molecule has 2 aromatic rings. The molecule has 0 radical (unpaired) electrons. The first-order chi connectivity index (χ1) is 13.6. The number of hydrogen-bond acceptors (Lipinski definition) is 4. The fraction of sp³-hybridized carbons (Fsp3) is 0.409. The molecular formula is C22H27ClN2O3. The summed E-state index contributed by atoms with van der Waals surface area (Å²) in [5.41, 5.74) is 3.65. The third-order valence-corrected chi connectivity index (χ3v) is 5.31. The fourth-order valence-electron chi connectivity index (χ4n) is 3.52. The quantitative estimate of drug-likeness (QED) is 0.734. The first-order valence-corrected chi connectivity index (χ1v) is 9.94. The Labute approximate surface area is 171 Å². The minimum atomic E-state index is 0.0730. The minimum absolute atomic E-state index is 0.0730. The van der Waals surface area contributed by atoms with Gasteiger partial charge in [0.2, 0.25) is 5.91 Å². The molecule has 0 fully saturated rings. The molecule has 2 aromatic carbocycles. The van der Waals surface area contributed by atoms with Crippen molar-refractivity contribution in [2.45, 2.75) is 25.8 Å². The number of amides is 1. The van der Waals surface area contributed by atoms with E-state index >= 15 is 0 Å². The van der Waals surface area contributed by atoms with Crippen LogP contribution >= 0.6 is 11.6 Å². The first kappa shape index (κ1) is 20.5. The number of halogens is 1. The van der Waals surface area contributed by atoms with E-state index in [0.717, 1.165) is 43.1 Å². The summed E-state index contributed by atoms with van der Waals surface area (Å²) in [6.45, 7) is 3.31. The number of rotatable bonds is 8. The van der Waals surface area contributed by atoms with Crippen molar-refractivity contribution in [1.29, 1.82) is 0 Å². The standard InChI is InChI=1S/C22H27ClN2O3/c1-27-20-13-17-8-10-25(15-18(17)14-21(20)28-2)11-9-24-22(26)7-6-16-4-3-5-19(23)12-16/h3-5,12-14H,6-11,15H2,1-2H3,(H,24,26). The highest BCUT2D eigenvalue weighted by Gasteiger charge is 2.19. The van der Waals surface area contributed by atoms with Gasteiger partial charge < -0.3 is 14.8 Å². The molecule has 0 bridgehead atoms. The van der Waals surface area contributed by atoms with E-state index in [9.17, 15) is 4.79 Å². The molecule has 5 nitrogen and oxygen atoms in total. The molecule has 0 aliphatic carbocycles. The zero-order valence-electron chi connectivity index (χ0n) is 16.5. The average Bonchev–Trinajstić information content (AvgIpc) is 2.71. The Morgan fingerprint density at radius 3 is 2.61 bits per heavy atom. The van der Waals surface area contributed by atoms with Crippen LogP contribution in [-0.2, 0) is 24.2 Å². The van der Waals surface area contributed by atoms with Crippen molar-refractivity contribution >= 4 is 17.5 Å². The van der Waals surface area contributed by atoms with Crippen molar-refractivity contribution < 1.29 is 14.3 Å². The van der Waals surface area contributed by atoms with Gasteiger partial charge >= 0.3 is 0 Å². The van der Waals surface area contributed by atoms with Gasteiger partial charge in [0.15, 0.2) is 11.5 Å². The van der Waals surface area contributed by atoms with E-state index < -0.39 is 0 Å². The van der Waals surface area contributed by atoms with Crippen molar-refractivity contribution in [1.82, 2.24) is 10.2 Å². The summed E-state index contributed by atoms with van der Waals surface area (Å²) in [5, 5.41) is 3.73. The van der Waals surface area contributed by atoms with Crippen LogP contribution in [0.4, 0.5) is 0 Å². The van der Waals surface area contributed by atoms with Crippen molar-refractivity contribution in [3.05, 3.63) is 58.1 Å². The summed E-state index contributed by atoms with van der Waals surface area (Å²) in [6.07, 6.45) is 2.14. The van der Waals surface area contributed by atoms with Gasteiger partial charge in [0.05, 0.1) is 14.2 Å². The Bertz CT molecular complexity index is 825. The van der Waals surface area contributed by atoms with Gasteiger partial charge in [-0.3, -0.25) is 9.69 Å². The highest BCUT2D eigenvalue weighted by atomic mass is 35.5. The molecule has 0 aromatic heterocycles. The molecule has 0 saturated carbocycles. The monoisotopic (exact) mass is 402 g/mol. The van der Waals surface area contributed by atoms with E-state index in [4.69, 9.17) is 21.1 Å². The number of methoxy groups -OCH3 is 2. The summed E-state index contributed by atoms with van der Waals surface area (Å²) in [4.78, 5) is 14.5. The van der Waals surface area contributed by atoms with E-state index in [0.29, 0.717) is 24.4 Å². The zero-order chi connectivity index (χ0) is 19.9. The normalized spacial score (nSPS) is 13.7. The van der Waals surface area contributed by atoms with E-state index in [-0.39, 0.29) is 5.91 Å². The zero-order valence-corrected chi connectivity index (χ0v) is 17.2. The molecule has 28 heavy (non-hydrogen) atoms. The molecule has 1 aliphatic heterocycles. The lowest BCUT2D eigenvalue weighted by Crippen LogP contribution is -2.37. The third kappa shape index (κ3) is 5.40. The molecule has 0 spiro atoms. The van der Waals surface area contributed by atoms with Crippen LogP contribution in [0.15, 0.2) is 36.4 Å². The molecule has 0 atom stereocenters. The van der Waals surface area contributed by atoms with Crippen LogP contribution < -0.4 is 14.8 Å². The van der Waals surface area contributed by atoms with Gasteiger partial charge in [0.25, 0.3) is 0 Å². The number of nitrogens with one attached hydrogen (secondary N) is 1. The van der Waals surface area contributed by atoms with Crippen LogP contribution in [0.25, 0.3) is 0 Å². The highest BCUT2D eigenvalue weighted by molar-refractivity contribution is 6.30. The summed E-state index contributed by atoms with van der Waals surface area (Å²) >= 11 is 5.98. The van der Waals surface area contributed by atoms with Crippen molar-refractivity contribution in [2.24, 2.45) is 0 Å². The fourth-order valence-corrected chi connectivity index (χ4v) is 3.74. The molecule has 3 rings (SSSR count). The Morgan fingerprint density at radius 2 is 1.89 bits per heavy atom. The Hall–Kier alpha value is -2.24. The molecule has 1 N–H and O–H groups in total. The van der Waals surface area contributed by atoms with Crippen LogP contribution in [0.1, 0.15) is 23.1 Å². The molecular weight excluding hydrogens is 376 g/mol. The Morgan fingerprint density at radius 1 is 1.14 bits per heavy atom. The minimum Gasteiger partial charge on any atom is -0.493 e. The molecule has 1 aliphatic rings. The lowest BCUT2D eigenvalue weighted by Gasteiger charge is -2.29. The van der Waals surface area contributed by atoms with E-state index in [1.54, 1.807) is 14.2 Å². The number of aryl methyl sites for hydroxylation is 1. The smallest absolute Gasteiger partial charge is 0.220 e. The average molecular weight is 403 g/mol. The Kier molecular flexibility index (Phi) is 7.18. The predicted octanol–water partition coefficient (Wildman–Crippen LogP) is 3.46. The van der Waals surface area contributed by atoms with E-state index in [2.05, 4.69) is 22.3 Å². The molecule has 1 amide bonds. The lowest BCUT2D eigenvalue weighted by molar-refractivity contribution is -0.121. The SMILES string of the molecule is COc1cc2c(cc1OC)CN(CCNC(=O)CCc1cccc(Cl)c1)CC2. The molecule has 150 valence electrons. The second kappa shape index (κ2) is 9.80. The molecule has 1 heterocycles. The number of ether oxygens (including phenoxy) is 2. The van der Waals surface area contributed by atoms with Gasteiger partial charge in [-0.2, -0.15) is 0 Å². The summed E-state index contributed by atoms with van der Waals surface area (Å²) in [5.74, 6) is 1.61. The van der Waals surface area contributed by atoms with Crippen LogP contribution in [0.3, 0.4) is 0 Å². The van der Waals surface area contributed by atoms with Crippen LogP contribution in [-0.4, -0.2) is 44.7 Å². The van der Waals surface area contributed by atoms with Crippen LogP contribution in [0, 0.1) is 0 Å². The Balaban J connectivity index is 1.44. The van der Waals surface area contributed by atoms with Gasteiger partial charge in [-0.25, -0.2) is 0 Å². The van der Waals surface area contributed by atoms with E-state index in [1.807, 2.05) is 24.3 Å². The molecule has 0 saturated heterocycles. The van der Waals surface area contributed by atoms with Crippen molar-refractivity contribution in [3.63, 3.8) is 0 Å². The van der Waals surface area contributed by atoms with Crippen molar-refractivity contribution in [2.75, 3.05) is 33.9 Å². The van der Waals surface area contributed by atoms with E-state index in [1.165, 1.54) is 11.1 Å². The largest absolute Gasteiger partial charge is 0.493 e. The van der Waals surface area contributed by atoms with Gasteiger partial charge in [-0.05, 0) is 53.8 Å². The van der Waals surface area contributed by atoms with Gasteiger partial charge in [0.1, 0.15) is 0 Å². The number of benzene rings is 2. The summed E-state index contributed by atoms with van der Waals surface area (Å²) < 4.78 is 10.8. The maximum absolute atomic E-state index is 12.1. The summed E-state index contributed by atoms with van der Waals surface area (Å²) in [6, 6.07) is 11.8. The van der Waals surface area contributed by atoms with Gasteiger partial charge in [-0.1, -0.05) is 23.7 Å². The van der Waals surface area contributed by atoms with Crippen LogP contribution in [0.2, 0.25) is 5.02 Å². The summed E-state index contributed by atoms with van der Waals surface area (Å²) in [7, 11) is 3.32. The van der Waals surface area contributed by atoms with Crippen LogP contribution in [0.5, 0.6) is 11.5 Å². The lowest BCUT2D eigenvalue weighted by atomic mass is 9.99. The highest BCUT2D eigenvalue weighted by Crippen LogP contribution is 2.33. The van der Waals surface area contributed by atoms with Gasteiger partial charge in [-0.15, -0.1) is 0 Å². The topological polar surface area (TPSA) is 50.8 Å². The molecule has 0 unspecified atom stereocenters. The predicted molar refractivity (Wildman–Crippen MR) is 111 cm³/mol. The maximum Gasteiger partial charge on any atom is 0.220 e. The number of fused-ring (bicyclic) bond motifs is 1.